The second kappa shape index (κ2) is 5.99. The molecule has 0 aromatic heterocycles. The van der Waals surface area contributed by atoms with Gasteiger partial charge in [-0.25, -0.2) is 0 Å². The van der Waals surface area contributed by atoms with Crippen LogP contribution in [-0.2, 0) is 0 Å². The molecule has 0 aromatic rings. The molecule has 0 radical (unpaired) electrons. The van der Waals surface area contributed by atoms with Gasteiger partial charge in [0.15, 0.2) is 0 Å². The van der Waals surface area contributed by atoms with Crippen molar-refractivity contribution in [3.05, 3.63) is 48.2 Å². The van der Waals surface area contributed by atoms with E-state index in [-0.39, 0.29) is 5.41 Å². The zero-order valence-corrected chi connectivity index (χ0v) is 11.5. The molecule has 1 nitrogen and oxygen atoms in total. The number of hydrogen-bond donors (Lipinski definition) is 0. The summed E-state index contributed by atoms with van der Waals surface area (Å²) in [6.07, 6.45) is 22.0. The van der Waals surface area contributed by atoms with Crippen LogP contribution >= 0.6 is 0 Å². The Kier molecular flexibility index (Phi) is 4.35. The maximum absolute atomic E-state index is 4.23. The molecule has 1 heterocycles. The van der Waals surface area contributed by atoms with Gasteiger partial charge in [-0.2, -0.15) is 0 Å². The third kappa shape index (κ3) is 3.10. The lowest BCUT2D eigenvalue weighted by Crippen LogP contribution is -2.25. The lowest BCUT2D eigenvalue weighted by molar-refractivity contribution is 0.272. The van der Waals surface area contributed by atoms with Crippen molar-refractivity contribution in [1.29, 1.82) is 0 Å². The first-order valence-electron chi connectivity index (χ1n) is 6.90. The second-order valence-electron chi connectivity index (χ2n) is 5.61. The summed E-state index contributed by atoms with van der Waals surface area (Å²) in [6.45, 7) is 4.73. The van der Waals surface area contributed by atoms with Crippen LogP contribution in [0.5, 0.6) is 0 Å². The summed E-state index contributed by atoms with van der Waals surface area (Å²) in [5, 5.41) is 0. The highest BCUT2D eigenvalue weighted by Gasteiger charge is 2.30. The van der Waals surface area contributed by atoms with Crippen molar-refractivity contribution in [2.24, 2.45) is 16.3 Å². The molecule has 1 aliphatic carbocycles. The average Bonchev–Trinajstić information content (AvgIpc) is 2.56. The second-order valence-corrected chi connectivity index (χ2v) is 5.61. The first kappa shape index (κ1) is 13.1. The molecule has 1 heteroatoms. The number of aliphatic imine (C=N–C) groups is 1. The summed E-state index contributed by atoms with van der Waals surface area (Å²) in [7, 11) is 0. The molecule has 18 heavy (non-hydrogen) atoms. The lowest BCUT2D eigenvalue weighted by atomic mass is 9.69. The molecule has 1 aliphatic heterocycles. The van der Waals surface area contributed by atoms with E-state index in [2.05, 4.69) is 55.3 Å². The molecular formula is C17H23N. The van der Waals surface area contributed by atoms with Crippen molar-refractivity contribution < 1.29 is 0 Å². The van der Waals surface area contributed by atoms with Crippen LogP contribution in [0.4, 0.5) is 0 Å². The van der Waals surface area contributed by atoms with Gasteiger partial charge in [0.2, 0.25) is 0 Å². The van der Waals surface area contributed by atoms with Gasteiger partial charge in [0.25, 0.3) is 0 Å². The Morgan fingerprint density at radius 1 is 1.06 bits per heavy atom. The van der Waals surface area contributed by atoms with Crippen molar-refractivity contribution in [1.82, 2.24) is 0 Å². The van der Waals surface area contributed by atoms with Crippen molar-refractivity contribution in [2.75, 3.05) is 0 Å². The summed E-state index contributed by atoms with van der Waals surface area (Å²) in [5.41, 5.74) is 1.63. The Morgan fingerprint density at radius 3 is 2.50 bits per heavy atom. The van der Waals surface area contributed by atoms with E-state index in [1.54, 1.807) is 0 Å². The molecule has 0 bridgehead atoms. The fourth-order valence-electron chi connectivity index (χ4n) is 2.68. The molecule has 0 spiro atoms. The van der Waals surface area contributed by atoms with Gasteiger partial charge in [-0.05, 0) is 42.2 Å². The molecule has 96 valence electrons. The number of hydrogen-bond acceptors (Lipinski definition) is 1. The van der Waals surface area contributed by atoms with Crippen molar-refractivity contribution >= 4 is 6.21 Å². The van der Waals surface area contributed by atoms with Crippen molar-refractivity contribution in [2.45, 2.75) is 39.5 Å². The highest BCUT2D eigenvalue weighted by atomic mass is 14.7. The number of allylic oxidation sites excluding steroid dienone is 7. The van der Waals surface area contributed by atoms with Crippen LogP contribution in [0.1, 0.15) is 39.5 Å². The summed E-state index contributed by atoms with van der Waals surface area (Å²) in [5.74, 6) is 0.666. The van der Waals surface area contributed by atoms with Crippen LogP contribution in [0.2, 0.25) is 0 Å². The molecule has 0 saturated heterocycles. The Balaban J connectivity index is 2.18. The van der Waals surface area contributed by atoms with Crippen molar-refractivity contribution in [3.8, 4) is 0 Å². The topological polar surface area (TPSA) is 12.4 Å². The Bertz CT molecular complexity index is 405. The maximum Gasteiger partial charge on any atom is 0.0266 e. The summed E-state index contributed by atoms with van der Waals surface area (Å²) in [6, 6.07) is 0. The zero-order chi connectivity index (χ0) is 12.8. The standard InChI is InChI=1S/C17H23N/c1-17(2,16-11-8-13-18-14-12-16)15-9-6-4-3-5-7-10-15/h4-7,11-15H,3,8-10H2,1-2H3/b6-4-,7-5?. The van der Waals surface area contributed by atoms with E-state index in [0.29, 0.717) is 5.92 Å². The highest BCUT2D eigenvalue weighted by molar-refractivity contribution is 5.62. The first-order chi connectivity index (χ1) is 8.71. The zero-order valence-electron chi connectivity index (χ0n) is 11.5. The van der Waals surface area contributed by atoms with E-state index in [0.717, 1.165) is 12.8 Å². The van der Waals surface area contributed by atoms with Crippen LogP contribution in [0.15, 0.2) is 53.2 Å². The van der Waals surface area contributed by atoms with E-state index in [1.807, 2.05) is 12.4 Å². The van der Waals surface area contributed by atoms with Crippen LogP contribution in [0.25, 0.3) is 0 Å². The van der Waals surface area contributed by atoms with Crippen LogP contribution in [-0.4, -0.2) is 6.21 Å². The molecule has 0 aromatic carbocycles. The SMILES string of the molecule is CC(C)(C1=CCC=NC=C1)C1CC=CC/C=C\C1. The van der Waals surface area contributed by atoms with Crippen LogP contribution < -0.4 is 0 Å². The molecule has 0 N–H and O–H groups in total. The number of rotatable bonds is 2. The largest absolute Gasteiger partial charge is 0.269 e. The molecule has 1 unspecified atom stereocenters. The molecule has 2 aliphatic rings. The summed E-state index contributed by atoms with van der Waals surface area (Å²) < 4.78 is 0. The van der Waals surface area contributed by atoms with Crippen LogP contribution in [0.3, 0.4) is 0 Å². The molecule has 2 rings (SSSR count). The van der Waals surface area contributed by atoms with Gasteiger partial charge in [-0.1, -0.05) is 44.2 Å². The van der Waals surface area contributed by atoms with Crippen LogP contribution in [0, 0.1) is 11.3 Å². The van der Waals surface area contributed by atoms with Gasteiger partial charge < -0.3 is 0 Å². The van der Waals surface area contributed by atoms with E-state index in [4.69, 9.17) is 0 Å². The minimum Gasteiger partial charge on any atom is -0.269 e. The Morgan fingerprint density at radius 2 is 1.78 bits per heavy atom. The van der Waals surface area contributed by atoms with E-state index < -0.39 is 0 Å². The van der Waals surface area contributed by atoms with E-state index in [9.17, 15) is 0 Å². The monoisotopic (exact) mass is 241 g/mol. The van der Waals surface area contributed by atoms with Gasteiger partial charge in [-0.3, -0.25) is 4.99 Å². The molecule has 0 fully saturated rings. The summed E-state index contributed by atoms with van der Waals surface area (Å²) >= 11 is 0. The van der Waals surface area contributed by atoms with Crippen molar-refractivity contribution in [3.63, 3.8) is 0 Å². The normalized spacial score (nSPS) is 26.1. The van der Waals surface area contributed by atoms with Gasteiger partial charge in [0.05, 0.1) is 0 Å². The number of nitrogens with zero attached hydrogens (tertiary/aromatic N) is 1. The predicted molar refractivity (Wildman–Crippen MR) is 79.7 cm³/mol. The fraction of sp³-hybridized carbons (Fsp3) is 0.471. The van der Waals surface area contributed by atoms with Gasteiger partial charge in [-0.15, -0.1) is 0 Å². The average molecular weight is 241 g/mol. The molecule has 0 saturated carbocycles. The maximum atomic E-state index is 4.23. The van der Waals surface area contributed by atoms with E-state index >= 15 is 0 Å². The Labute approximate surface area is 111 Å². The van der Waals surface area contributed by atoms with E-state index in [1.165, 1.54) is 18.4 Å². The predicted octanol–water partition coefficient (Wildman–Crippen LogP) is 4.84. The smallest absolute Gasteiger partial charge is 0.0266 e. The molecular weight excluding hydrogens is 218 g/mol. The van der Waals surface area contributed by atoms with Gasteiger partial charge in [0, 0.05) is 18.8 Å². The fourth-order valence-corrected chi connectivity index (χ4v) is 2.68. The Hall–Kier alpha value is -1.37. The molecule has 0 amide bonds. The lowest BCUT2D eigenvalue weighted by Gasteiger charge is -2.35. The minimum atomic E-state index is 0.205. The third-order valence-electron chi connectivity index (χ3n) is 4.10. The minimum absolute atomic E-state index is 0.205. The van der Waals surface area contributed by atoms with Gasteiger partial charge >= 0.3 is 0 Å². The third-order valence-corrected chi connectivity index (χ3v) is 4.10. The highest BCUT2D eigenvalue weighted by Crippen LogP contribution is 2.41. The molecule has 1 atom stereocenters. The first-order valence-corrected chi connectivity index (χ1v) is 6.90. The summed E-state index contributed by atoms with van der Waals surface area (Å²) in [4.78, 5) is 4.23. The quantitative estimate of drug-likeness (QED) is 0.613. The van der Waals surface area contributed by atoms with Gasteiger partial charge in [0.1, 0.15) is 0 Å².